The number of carbonyl (C=O) groups excluding carboxylic acids is 1. The highest BCUT2D eigenvalue weighted by Gasteiger charge is 2.17. The van der Waals surface area contributed by atoms with Crippen LogP contribution in [0.25, 0.3) is 0 Å². The Bertz CT molecular complexity index is 431. The Balaban J connectivity index is 1.74. The van der Waals surface area contributed by atoms with Crippen molar-refractivity contribution in [2.75, 3.05) is 19.6 Å². The molecule has 1 atom stereocenters. The standard InChI is InChI=1S/C14H25N5O/c1-3-13-17-16-11-19(13)10-7-15-14(20)18-8-4-5-12(2)6-9-18/h11-12H,3-10H2,1-2H3,(H,15,20). The SMILES string of the molecule is CCc1nncn1CCNC(=O)N1CCCC(C)CC1. The van der Waals surface area contributed by atoms with Gasteiger partial charge in [0, 0.05) is 32.6 Å². The zero-order chi connectivity index (χ0) is 14.4. The Morgan fingerprint density at radius 2 is 2.30 bits per heavy atom. The van der Waals surface area contributed by atoms with Gasteiger partial charge in [0.2, 0.25) is 0 Å². The third-order valence-corrected chi connectivity index (χ3v) is 3.94. The van der Waals surface area contributed by atoms with E-state index in [0.717, 1.165) is 50.6 Å². The monoisotopic (exact) mass is 279 g/mol. The third kappa shape index (κ3) is 3.95. The summed E-state index contributed by atoms with van der Waals surface area (Å²) in [7, 11) is 0. The molecule has 0 aliphatic carbocycles. The Hall–Kier alpha value is -1.59. The highest BCUT2D eigenvalue weighted by Crippen LogP contribution is 2.16. The zero-order valence-electron chi connectivity index (χ0n) is 12.5. The molecule has 0 saturated carbocycles. The molecule has 1 aliphatic heterocycles. The van der Waals surface area contributed by atoms with Gasteiger partial charge in [0.1, 0.15) is 12.2 Å². The summed E-state index contributed by atoms with van der Waals surface area (Å²) in [6, 6.07) is 0.0604. The molecule has 0 spiro atoms. The van der Waals surface area contributed by atoms with Crippen molar-refractivity contribution in [3.05, 3.63) is 12.2 Å². The molecule has 1 saturated heterocycles. The van der Waals surface area contributed by atoms with Crippen molar-refractivity contribution in [2.24, 2.45) is 5.92 Å². The average Bonchev–Trinajstić information content (AvgIpc) is 2.78. The minimum atomic E-state index is 0.0604. The number of nitrogens with zero attached hydrogens (tertiary/aromatic N) is 4. The van der Waals surface area contributed by atoms with Crippen LogP contribution in [0.4, 0.5) is 4.79 Å². The lowest BCUT2D eigenvalue weighted by molar-refractivity contribution is 0.199. The lowest BCUT2D eigenvalue weighted by Crippen LogP contribution is -2.41. The van der Waals surface area contributed by atoms with E-state index in [2.05, 4.69) is 29.4 Å². The van der Waals surface area contributed by atoms with Gasteiger partial charge in [-0.1, -0.05) is 13.8 Å². The van der Waals surface area contributed by atoms with Crippen LogP contribution < -0.4 is 5.32 Å². The lowest BCUT2D eigenvalue weighted by atomic mass is 10.0. The van der Waals surface area contributed by atoms with Gasteiger partial charge in [-0.2, -0.15) is 0 Å². The van der Waals surface area contributed by atoms with E-state index in [0.29, 0.717) is 6.54 Å². The molecule has 2 heterocycles. The molecule has 1 aliphatic rings. The summed E-state index contributed by atoms with van der Waals surface area (Å²) in [5.74, 6) is 1.69. The molecular formula is C14H25N5O. The highest BCUT2D eigenvalue weighted by molar-refractivity contribution is 5.74. The molecule has 2 amide bonds. The predicted molar refractivity (Wildman–Crippen MR) is 77.4 cm³/mol. The molecule has 112 valence electrons. The summed E-state index contributed by atoms with van der Waals surface area (Å²) >= 11 is 0. The van der Waals surface area contributed by atoms with E-state index in [-0.39, 0.29) is 6.03 Å². The molecule has 1 fully saturated rings. The van der Waals surface area contributed by atoms with Crippen molar-refractivity contribution < 1.29 is 4.79 Å². The molecule has 1 unspecified atom stereocenters. The van der Waals surface area contributed by atoms with Crippen molar-refractivity contribution in [2.45, 2.75) is 46.1 Å². The van der Waals surface area contributed by atoms with E-state index in [1.807, 2.05) is 9.47 Å². The number of aryl methyl sites for hydroxylation is 1. The highest BCUT2D eigenvalue weighted by atomic mass is 16.2. The topological polar surface area (TPSA) is 63.1 Å². The van der Waals surface area contributed by atoms with Crippen molar-refractivity contribution in [1.82, 2.24) is 25.0 Å². The first-order chi connectivity index (χ1) is 9.70. The predicted octanol–water partition coefficient (Wildman–Crippen LogP) is 1.67. The van der Waals surface area contributed by atoms with Gasteiger partial charge in [-0.15, -0.1) is 10.2 Å². The number of nitrogens with one attached hydrogen (secondary N) is 1. The first-order valence-corrected chi connectivity index (χ1v) is 7.60. The van der Waals surface area contributed by atoms with Gasteiger partial charge in [0.05, 0.1) is 0 Å². The first kappa shape index (κ1) is 14.8. The third-order valence-electron chi connectivity index (χ3n) is 3.94. The van der Waals surface area contributed by atoms with Crippen LogP contribution in [0.1, 0.15) is 38.9 Å². The lowest BCUT2D eigenvalue weighted by Gasteiger charge is -2.21. The fraction of sp³-hybridized carbons (Fsp3) is 0.786. The van der Waals surface area contributed by atoms with Crippen molar-refractivity contribution >= 4 is 6.03 Å². The number of hydrogen-bond acceptors (Lipinski definition) is 3. The van der Waals surface area contributed by atoms with Crippen LogP contribution in [0.3, 0.4) is 0 Å². The van der Waals surface area contributed by atoms with Gasteiger partial charge in [-0.25, -0.2) is 4.79 Å². The zero-order valence-corrected chi connectivity index (χ0v) is 12.5. The first-order valence-electron chi connectivity index (χ1n) is 7.60. The summed E-state index contributed by atoms with van der Waals surface area (Å²) < 4.78 is 1.99. The normalized spacial score (nSPS) is 19.7. The van der Waals surface area contributed by atoms with Crippen LogP contribution in [0.15, 0.2) is 6.33 Å². The summed E-state index contributed by atoms with van der Waals surface area (Å²) in [6.45, 7) is 7.42. The molecule has 1 aromatic rings. The van der Waals surface area contributed by atoms with Crippen LogP contribution in [-0.2, 0) is 13.0 Å². The number of urea groups is 1. The van der Waals surface area contributed by atoms with E-state index in [1.165, 1.54) is 6.42 Å². The number of hydrogen-bond donors (Lipinski definition) is 1. The number of carbonyl (C=O) groups is 1. The maximum atomic E-state index is 12.1. The molecule has 20 heavy (non-hydrogen) atoms. The van der Waals surface area contributed by atoms with Crippen LogP contribution >= 0.6 is 0 Å². The van der Waals surface area contributed by atoms with E-state index >= 15 is 0 Å². The second kappa shape index (κ2) is 7.26. The summed E-state index contributed by atoms with van der Waals surface area (Å²) in [5.41, 5.74) is 0. The second-order valence-corrected chi connectivity index (χ2v) is 5.55. The molecule has 0 bridgehead atoms. The van der Waals surface area contributed by atoms with E-state index < -0.39 is 0 Å². The molecule has 2 rings (SSSR count). The molecule has 0 radical (unpaired) electrons. The Morgan fingerprint density at radius 1 is 1.45 bits per heavy atom. The smallest absolute Gasteiger partial charge is 0.317 e. The molecule has 6 heteroatoms. The van der Waals surface area contributed by atoms with Gasteiger partial charge in [-0.05, 0) is 25.2 Å². The minimum absolute atomic E-state index is 0.0604. The Labute approximate surface area is 120 Å². The largest absolute Gasteiger partial charge is 0.336 e. The summed E-state index contributed by atoms with van der Waals surface area (Å²) in [5, 5.41) is 10.9. The average molecular weight is 279 g/mol. The van der Waals surface area contributed by atoms with Crippen LogP contribution in [-0.4, -0.2) is 45.3 Å². The second-order valence-electron chi connectivity index (χ2n) is 5.55. The van der Waals surface area contributed by atoms with E-state index in [4.69, 9.17) is 0 Å². The van der Waals surface area contributed by atoms with E-state index in [9.17, 15) is 4.79 Å². The van der Waals surface area contributed by atoms with Gasteiger partial charge >= 0.3 is 6.03 Å². The quantitative estimate of drug-likeness (QED) is 0.912. The summed E-state index contributed by atoms with van der Waals surface area (Å²) in [6.07, 6.45) is 6.03. The fourth-order valence-electron chi connectivity index (χ4n) is 2.60. The maximum Gasteiger partial charge on any atom is 0.317 e. The number of likely N-dealkylation sites (tertiary alicyclic amines) is 1. The van der Waals surface area contributed by atoms with E-state index in [1.54, 1.807) is 6.33 Å². The van der Waals surface area contributed by atoms with Crippen LogP contribution in [0.2, 0.25) is 0 Å². The van der Waals surface area contributed by atoms with Crippen molar-refractivity contribution in [3.63, 3.8) is 0 Å². The van der Waals surface area contributed by atoms with Crippen molar-refractivity contribution in [3.8, 4) is 0 Å². The van der Waals surface area contributed by atoms with Gasteiger partial charge < -0.3 is 14.8 Å². The Morgan fingerprint density at radius 3 is 3.10 bits per heavy atom. The van der Waals surface area contributed by atoms with Crippen LogP contribution in [0.5, 0.6) is 0 Å². The number of aromatic nitrogens is 3. The van der Waals surface area contributed by atoms with Gasteiger partial charge in [-0.3, -0.25) is 0 Å². The van der Waals surface area contributed by atoms with Gasteiger partial charge in [0.15, 0.2) is 0 Å². The summed E-state index contributed by atoms with van der Waals surface area (Å²) in [4.78, 5) is 14.1. The molecule has 6 nitrogen and oxygen atoms in total. The van der Waals surface area contributed by atoms with Gasteiger partial charge in [0.25, 0.3) is 0 Å². The fourth-order valence-corrected chi connectivity index (χ4v) is 2.60. The van der Waals surface area contributed by atoms with Crippen LogP contribution in [0, 0.1) is 5.92 Å². The Kier molecular flexibility index (Phi) is 5.38. The molecule has 1 aromatic heterocycles. The molecule has 0 aromatic carbocycles. The minimum Gasteiger partial charge on any atom is -0.336 e. The maximum absolute atomic E-state index is 12.1. The number of rotatable bonds is 4. The van der Waals surface area contributed by atoms with Crippen molar-refractivity contribution in [1.29, 1.82) is 0 Å². The number of amides is 2. The molecule has 1 N–H and O–H groups in total. The molecular weight excluding hydrogens is 254 g/mol.